The molecule has 0 aliphatic carbocycles. The summed E-state index contributed by atoms with van der Waals surface area (Å²) in [5.41, 5.74) is 5.20. The number of nitrogens with one attached hydrogen (secondary N) is 1. The van der Waals surface area contributed by atoms with Crippen LogP contribution in [-0.4, -0.2) is 11.7 Å². The van der Waals surface area contributed by atoms with Crippen LogP contribution in [0.5, 0.6) is 0 Å². The Balaban J connectivity index is 3.27. The van der Waals surface area contributed by atoms with Gasteiger partial charge < -0.3 is 11.1 Å². The molecule has 0 aromatic heterocycles. The first-order valence-corrected chi connectivity index (χ1v) is 3.73. The zero-order valence-corrected chi connectivity index (χ0v) is 7.24. The fourth-order valence-electron chi connectivity index (χ4n) is 0.500. The van der Waals surface area contributed by atoms with Crippen molar-refractivity contribution in [2.45, 2.75) is 13.8 Å². The molecule has 0 amide bonds. The van der Waals surface area contributed by atoms with Crippen LogP contribution < -0.4 is 11.1 Å². The van der Waals surface area contributed by atoms with Gasteiger partial charge in [-0.2, -0.15) is 0 Å². The van der Waals surface area contributed by atoms with E-state index in [0.717, 1.165) is 6.54 Å². The van der Waals surface area contributed by atoms with Crippen molar-refractivity contribution in [2.75, 3.05) is 6.54 Å². The van der Waals surface area contributed by atoms with Gasteiger partial charge in [-0.1, -0.05) is 26.0 Å². The Kier molecular flexibility index (Phi) is 4.94. The fraction of sp³-hybridized carbons (Fsp3) is 0.571. The van der Waals surface area contributed by atoms with E-state index in [-0.39, 0.29) is 0 Å². The Morgan fingerprint density at radius 3 is 2.70 bits per heavy atom. The van der Waals surface area contributed by atoms with Crippen LogP contribution in [0.3, 0.4) is 0 Å². The minimum atomic E-state index is 0.355. The summed E-state index contributed by atoms with van der Waals surface area (Å²) in [6.07, 6.45) is 4.12. The van der Waals surface area contributed by atoms with E-state index >= 15 is 0 Å². The van der Waals surface area contributed by atoms with Crippen molar-refractivity contribution >= 4 is 17.3 Å². The first-order valence-electron chi connectivity index (χ1n) is 3.33. The molecule has 0 bridgehead atoms. The molecular formula is C7H14N2S. The van der Waals surface area contributed by atoms with E-state index in [1.54, 1.807) is 0 Å². The third kappa shape index (κ3) is 7.43. The summed E-state index contributed by atoms with van der Waals surface area (Å²) in [5, 5.41) is 3.18. The molecule has 3 N–H and O–H groups in total. The van der Waals surface area contributed by atoms with Crippen molar-refractivity contribution in [3.63, 3.8) is 0 Å². The topological polar surface area (TPSA) is 38.0 Å². The van der Waals surface area contributed by atoms with Gasteiger partial charge in [-0.15, -0.1) is 0 Å². The normalized spacial score (nSPS) is 10.7. The first kappa shape index (κ1) is 9.43. The summed E-state index contributed by atoms with van der Waals surface area (Å²) in [4.78, 5) is 0. The summed E-state index contributed by atoms with van der Waals surface area (Å²) >= 11 is 4.61. The lowest BCUT2D eigenvalue weighted by atomic mass is 10.2. The van der Waals surface area contributed by atoms with Crippen molar-refractivity contribution in [3.05, 3.63) is 12.2 Å². The largest absolute Gasteiger partial charge is 0.376 e. The van der Waals surface area contributed by atoms with Crippen molar-refractivity contribution < 1.29 is 0 Å². The minimum absolute atomic E-state index is 0.355. The Morgan fingerprint density at radius 1 is 1.70 bits per heavy atom. The molecular weight excluding hydrogens is 144 g/mol. The third-order valence-electron chi connectivity index (χ3n) is 0.915. The minimum Gasteiger partial charge on any atom is -0.376 e. The maximum atomic E-state index is 5.20. The van der Waals surface area contributed by atoms with Crippen LogP contribution in [0, 0.1) is 5.92 Å². The Labute approximate surface area is 67.5 Å². The highest BCUT2D eigenvalue weighted by Gasteiger charge is 1.83. The highest BCUT2D eigenvalue weighted by atomic mass is 32.1. The van der Waals surface area contributed by atoms with Gasteiger partial charge in [0.2, 0.25) is 0 Å². The molecule has 0 heterocycles. The lowest BCUT2D eigenvalue weighted by Crippen LogP contribution is -2.28. The van der Waals surface area contributed by atoms with E-state index < -0.39 is 0 Å². The molecule has 0 rings (SSSR count). The molecule has 0 aliphatic rings. The standard InChI is InChI=1S/C7H14N2S/c1-6(2)4-3-5-9-7(8)10/h3-4,6H,5H2,1-2H3,(H3,8,9,10). The lowest BCUT2D eigenvalue weighted by Gasteiger charge is -1.97. The van der Waals surface area contributed by atoms with E-state index in [4.69, 9.17) is 5.73 Å². The van der Waals surface area contributed by atoms with Gasteiger partial charge in [-0.3, -0.25) is 0 Å². The van der Waals surface area contributed by atoms with Gasteiger partial charge in [-0.05, 0) is 18.1 Å². The highest BCUT2D eigenvalue weighted by Crippen LogP contribution is 1.91. The molecule has 2 nitrogen and oxygen atoms in total. The number of hydrogen-bond donors (Lipinski definition) is 2. The highest BCUT2D eigenvalue weighted by molar-refractivity contribution is 7.80. The fourth-order valence-corrected chi connectivity index (χ4v) is 0.583. The maximum Gasteiger partial charge on any atom is 0.163 e. The van der Waals surface area contributed by atoms with Crippen LogP contribution in [-0.2, 0) is 0 Å². The summed E-state index contributed by atoms with van der Waals surface area (Å²) in [7, 11) is 0. The molecule has 58 valence electrons. The molecule has 0 radical (unpaired) electrons. The van der Waals surface area contributed by atoms with Gasteiger partial charge >= 0.3 is 0 Å². The monoisotopic (exact) mass is 158 g/mol. The van der Waals surface area contributed by atoms with Gasteiger partial charge in [0.1, 0.15) is 0 Å². The molecule has 0 fully saturated rings. The predicted molar refractivity (Wildman–Crippen MR) is 48.8 cm³/mol. The van der Waals surface area contributed by atoms with Crippen LogP contribution in [0.15, 0.2) is 12.2 Å². The van der Waals surface area contributed by atoms with Crippen molar-refractivity contribution in [1.82, 2.24) is 5.32 Å². The zero-order valence-electron chi connectivity index (χ0n) is 6.42. The molecule has 0 spiro atoms. The van der Waals surface area contributed by atoms with Gasteiger partial charge in [0.15, 0.2) is 5.11 Å². The van der Waals surface area contributed by atoms with Crippen molar-refractivity contribution in [1.29, 1.82) is 0 Å². The second-order valence-corrected chi connectivity index (χ2v) is 2.86. The second-order valence-electron chi connectivity index (χ2n) is 2.42. The van der Waals surface area contributed by atoms with E-state index in [0.29, 0.717) is 11.0 Å². The molecule has 0 saturated heterocycles. The third-order valence-corrected chi connectivity index (χ3v) is 1.06. The maximum absolute atomic E-state index is 5.20. The average Bonchev–Trinajstić information content (AvgIpc) is 1.79. The number of nitrogens with two attached hydrogens (primary N) is 1. The molecule has 3 heteroatoms. The van der Waals surface area contributed by atoms with E-state index in [2.05, 4.69) is 37.5 Å². The molecule has 0 aliphatic heterocycles. The Morgan fingerprint density at radius 2 is 2.30 bits per heavy atom. The van der Waals surface area contributed by atoms with E-state index in [1.165, 1.54) is 0 Å². The Hall–Kier alpha value is -0.570. The zero-order chi connectivity index (χ0) is 7.98. The van der Waals surface area contributed by atoms with Gasteiger partial charge in [0.25, 0.3) is 0 Å². The van der Waals surface area contributed by atoms with Crippen LogP contribution >= 0.6 is 12.2 Å². The number of thiocarbonyl (C=S) groups is 1. The van der Waals surface area contributed by atoms with Gasteiger partial charge in [0, 0.05) is 6.54 Å². The molecule has 0 aromatic carbocycles. The van der Waals surface area contributed by atoms with E-state index in [1.807, 2.05) is 6.08 Å². The predicted octanol–water partition coefficient (Wildman–Crippen LogP) is 1.03. The quantitative estimate of drug-likeness (QED) is 0.476. The van der Waals surface area contributed by atoms with Crippen molar-refractivity contribution in [2.24, 2.45) is 11.7 Å². The van der Waals surface area contributed by atoms with Crippen molar-refractivity contribution in [3.8, 4) is 0 Å². The second kappa shape index (κ2) is 5.23. The summed E-state index contributed by atoms with van der Waals surface area (Å²) in [6.45, 7) is 4.97. The molecule has 0 aromatic rings. The van der Waals surface area contributed by atoms with E-state index in [9.17, 15) is 0 Å². The van der Waals surface area contributed by atoms with Gasteiger partial charge in [-0.25, -0.2) is 0 Å². The smallest absolute Gasteiger partial charge is 0.163 e. The van der Waals surface area contributed by atoms with Gasteiger partial charge in [0.05, 0.1) is 0 Å². The molecule has 0 atom stereocenters. The van der Waals surface area contributed by atoms with Crippen LogP contribution in [0.4, 0.5) is 0 Å². The molecule has 0 unspecified atom stereocenters. The lowest BCUT2D eigenvalue weighted by molar-refractivity contribution is 0.825. The summed E-state index contributed by atoms with van der Waals surface area (Å²) < 4.78 is 0. The average molecular weight is 158 g/mol. The van der Waals surface area contributed by atoms with Crippen LogP contribution in [0.25, 0.3) is 0 Å². The molecule has 10 heavy (non-hydrogen) atoms. The van der Waals surface area contributed by atoms with Crippen LogP contribution in [0.1, 0.15) is 13.8 Å². The Bertz CT molecular complexity index is 130. The van der Waals surface area contributed by atoms with Crippen LogP contribution in [0.2, 0.25) is 0 Å². The summed E-state index contributed by atoms with van der Waals surface area (Å²) in [6, 6.07) is 0. The SMILES string of the molecule is CC(C)C=CCNC(N)=S. The first-order chi connectivity index (χ1) is 4.63. The number of rotatable bonds is 3. The summed E-state index contributed by atoms with van der Waals surface area (Å²) in [5.74, 6) is 0.591. The molecule has 0 saturated carbocycles. The number of allylic oxidation sites excluding steroid dienone is 1. The number of hydrogen-bond acceptors (Lipinski definition) is 1.